The van der Waals surface area contributed by atoms with Gasteiger partial charge in [0.2, 0.25) is 0 Å². The molecule has 2 aliphatic heterocycles. The quantitative estimate of drug-likeness (QED) is 0.358. The van der Waals surface area contributed by atoms with Crippen molar-refractivity contribution in [3.63, 3.8) is 0 Å². The van der Waals surface area contributed by atoms with Gasteiger partial charge in [0.15, 0.2) is 5.96 Å². The first-order valence-electron chi connectivity index (χ1n) is 9.71. The number of nitrogens with zero attached hydrogens (tertiary/aromatic N) is 2. The Morgan fingerprint density at radius 1 is 1.21 bits per heavy atom. The standard InChI is InChI=1S/C18H36N4OS/c1-2-3-4-5-6-7-9-20-17(19)21-15-18(8-14-24-16-18)22-10-12-23-13-11-22/h2-16H2,1H3,(H3,19,20,21). The summed E-state index contributed by atoms with van der Waals surface area (Å²) in [7, 11) is 0. The predicted octanol–water partition coefficient (Wildman–Crippen LogP) is 2.46. The van der Waals surface area contributed by atoms with Crippen LogP contribution in [0.5, 0.6) is 0 Å². The normalized spacial score (nSPS) is 26.0. The van der Waals surface area contributed by atoms with Crippen LogP contribution in [0.15, 0.2) is 4.99 Å². The molecule has 0 aromatic rings. The first kappa shape index (κ1) is 19.9. The van der Waals surface area contributed by atoms with E-state index < -0.39 is 0 Å². The van der Waals surface area contributed by atoms with Crippen molar-refractivity contribution in [3.8, 4) is 0 Å². The van der Waals surface area contributed by atoms with E-state index in [4.69, 9.17) is 10.5 Å². The number of unbranched alkanes of at least 4 members (excludes halogenated alkanes) is 5. The number of rotatable bonds is 10. The highest BCUT2D eigenvalue weighted by Crippen LogP contribution is 2.34. The lowest BCUT2D eigenvalue weighted by atomic mass is 9.96. The molecular formula is C18H36N4OS. The van der Waals surface area contributed by atoms with Gasteiger partial charge in [-0.05, 0) is 18.6 Å². The Labute approximate surface area is 152 Å². The van der Waals surface area contributed by atoms with E-state index in [1.54, 1.807) is 0 Å². The summed E-state index contributed by atoms with van der Waals surface area (Å²) in [6, 6.07) is 0. The number of aliphatic imine (C=N–C) groups is 1. The second-order valence-electron chi connectivity index (χ2n) is 7.02. The van der Waals surface area contributed by atoms with Crippen molar-refractivity contribution < 1.29 is 4.74 Å². The molecule has 0 aromatic carbocycles. The maximum Gasteiger partial charge on any atom is 0.188 e. The summed E-state index contributed by atoms with van der Waals surface area (Å²) in [5, 5.41) is 3.30. The van der Waals surface area contributed by atoms with Crippen LogP contribution in [0.2, 0.25) is 0 Å². The Morgan fingerprint density at radius 3 is 2.67 bits per heavy atom. The Kier molecular flexibility index (Phi) is 9.28. The summed E-state index contributed by atoms with van der Waals surface area (Å²) < 4.78 is 5.51. The van der Waals surface area contributed by atoms with Gasteiger partial charge in [-0.15, -0.1) is 0 Å². The molecule has 3 N–H and O–H groups in total. The molecule has 2 saturated heterocycles. The van der Waals surface area contributed by atoms with Crippen molar-refractivity contribution in [2.75, 3.05) is 50.9 Å². The molecule has 0 aromatic heterocycles. The maximum absolute atomic E-state index is 6.09. The van der Waals surface area contributed by atoms with Crippen molar-refractivity contribution in [3.05, 3.63) is 0 Å². The number of thioether (sulfide) groups is 1. The molecule has 2 fully saturated rings. The van der Waals surface area contributed by atoms with Crippen LogP contribution in [0, 0.1) is 0 Å². The monoisotopic (exact) mass is 356 g/mol. The molecule has 0 spiro atoms. The van der Waals surface area contributed by atoms with E-state index in [0.29, 0.717) is 5.96 Å². The minimum absolute atomic E-state index is 0.195. The van der Waals surface area contributed by atoms with E-state index in [1.165, 1.54) is 56.5 Å². The van der Waals surface area contributed by atoms with Gasteiger partial charge in [0.1, 0.15) is 0 Å². The van der Waals surface area contributed by atoms with Gasteiger partial charge in [-0.3, -0.25) is 9.89 Å². The summed E-state index contributed by atoms with van der Waals surface area (Å²) in [6.45, 7) is 7.77. The molecule has 24 heavy (non-hydrogen) atoms. The second-order valence-corrected chi connectivity index (χ2v) is 8.13. The van der Waals surface area contributed by atoms with E-state index >= 15 is 0 Å². The van der Waals surface area contributed by atoms with Crippen LogP contribution in [0.25, 0.3) is 0 Å². The summed E-state index contributed by atoms with van der Waals surface area (Å²) in [5.41, 5.74) is 6.29. The Balaban J connectivity index is 1.69. The Morgan fingerprint density at radius 2 is 1.96 bits per heavy atom. The third-order valence-electron chi connectivity index (χ3n) is 5.14. The number of guanidine groups is 1. The molecule has 1 unspecified atom stereocenters. The Hall–Kier alpha value is -0.460. The lowest BCUT2D eigenvalue weighted by molar-refractivity contribution is -0.0104. The van der Waals surface area contributed by atoms with Crippen molar-refractivity contribution >= 4 is 17.7 Å². The number of nitrogens with one attached hydrogen (secondary N) is 1. The van der Waals surface area contributed by atoms with Gasteiger partial charge in [0.05, 0.1) is 25.3 Å². The van der Waals surface area contributed by atoms with Gasteiger partial charge >= 0.3 is 0 Å². The van der Waals surface area contributed by atoms with Crippen LogP contribution < -0.4 is 11.1 Å². The molecule has 1 atom stereocenters. The lowest BCUT2D eigenvalue weighted by Gasteiger charge is -2.42. The van der Waals surface area contributed by atoms with Crippen LogP contribution in [0.3, 0.4) is 0 Å². The zero-order chi connectivity index (χ0) is 17.1. The number of ether oxygens (including phenoxy) is 1. The molecule has 140 valence electrons. The topological polar surface area (TPSA) is 62.9 Å². The van der Waals surface area contributed by atoms with Gasteiger partial charge in [-0.25, -0.2) is 0 Å². The fraction of sp³-hybridized carbons (Fsp3) is 0.944. The molecule has 2 aliphatic rings. The fourth-order valence-corrected chi connectivity index (χ4v) is 4.99. The van der Waals surface area contributed by atoms with Gasteiger partial charge in [0, 0.05) is 25.4 Å². The molecule has 6 heteroatoms. The third kappa shape index (κ3) is 6.45. The maximum atomic E-state index is 6.09. The minimum atomic E-state index is 0.195. The molecule has 2 rings (SSSR count). The fourth-order valence-electron chi connectivity index (χ4n) is 3.52. The average Bonchev–Trinajstić information content (AvgIpc) is 3.10. The minimum Gasteiger partial charge on any atom is -0.379 e. The highest BCUT2D eigenvalue weighted by atomic mass is 32.2. The van der Waals surface area contributed by atoms with Crippen LogP contribution >= 0.6 is 11.8 Å². The van der Waals surface area contributed by atoms with E-state index in [2.05, 4.69) is 22.1 Å². The van der Waals surface area contributed by atoms with Gasteiger partial charge in [-0.2, -0.15) is 11.8 Å². The number of hydrogen-bond acceptors (Lipinski definition) is 4. The second kappa shape index (κ2) is 11.2. The predicted molar refractivity (Wildman–Crippen MR) is 105 cm³/mol. The van der Waals surface area contributed by atoms with Crippen LogP contribution in [-0.4, -0.2) is 67.3 Å². The molecule has 0 radical (unpaired) electrons. The van der Waals surface area contributed by atoms with E-state index in [1.807, 2.05) is 11.8 Å². The van der Waals surface area contributed by atoms with Gasteiger partial charge in [-0.1, -0.05) is 39.0 Å². The molecule has 0 amide bonds. The largest absolute Gasteiger partial charge is 0.379 e. The highest BCUT2D eigenvalue weighted by Gasteiger charge is 2.40. The third-order valence-corrected chi connectivity index (χ3v) is 6.38. The lowest BCUT2D eigenvalue weighted by Crippen LogP contribution is -2.56. The molecule has 0 bridgehead atoms. The summed E-state index contributed by atoms with van der Waals surface area (Å²) in [6.07, 6.45) is 9.05. The van der Waals surface area contributed by atoms with Crippen LogP contribution in [0.1, 0.15) is 51.9 Å². The van der Waals surface area contributed by atoms with Crippen molar-refractivity contribution in [1.82, 2.24) is 10.2 Å². The summed E-state index contributed by atoms with van der Waals surface area (Å²) in [4.78, 5) is 7.27. The summed E-state index contributed by atoms with van der Waals surface area (Å²) >= 11 is 2.04. The SMILES string of the molecule is CCCCCCCCNC(N)=NCC1(N2CCOCC2)CCSC1. The molecule has 2 heterocycles. The van der Waals surface area contributed by atoms with Crippen LogP contribution in [0.4, 0.5) is 0 Å². The number of nitrogens with two attached hydrogens (primary N) is 1. The van der Waals surface area contributed by atoms with E-state index in [0.717, 1.165) is 39.4 Å². The van der Waals surface area contributed by atoms with Crippen molar-refractivity contribution in [2.45, 2.75) is 57.4 Å². The van der Waals surface area contributed by atoms with E-state index in [-0.39, 0.29) is 5.54 Å². The van der Waals surface area contributed by atoms with E-state index in [9.17, 15) is 0 Å². The first-order valence-corrected chi connectivity index (χ1v) is 10.9. The smallest absolute Gasteiger partial charge is 0.188 e. The summed E-state index contributed by atoms with van der Waals surface area (Å²) in [5.74, 6) is 3.02. The molecule has 0 saturated carbocycles. The van der Waals surface area contributed by atoms with Crippen molar-refractivity contribution in [2.24, 2.45) is 10.7 Å². The first-order chi connectivity index (χ1) is 11.8. The van der Waals surface area contributed by atoms with Gasteiger partial charge < -0.3 is 15.8 Å². The van der Waals surface area contributed by atoms with Crippen molar-refractivity contribution in [1.29, 1.82) is 0 Å². The average molecular weight is 357 g/mol. The number of hydrogen-bond donors (Lipinski definition) is 2. The number of morpholine rings is 1. The molecule has 5 nitrogen and oxygen atoms in total. The molecular weight excluding hydrogens is 320 g/mol. The Bertz CT molecular complexity index is 366. The zero-order valence-electron chi connectivity index (χ0n) is 15.4. The highest BCUT2D eigenvalue weighted by molar-refractivity contribution is 7.99. The van der Waals surface area contributed by atoms with Crippen LogP contribution in [-0.2, 0) is 4.74 Å². The zero-order valence-corrected chi connectivity index (χ0v) is 16.2. The van der Waals surface area contributed by atoms with Gasteiger partial charge in [0.25, 0.3) is 0 Å². The molecule has 0 aliphatic carbocycles.